The van der Waals surface area contributed by atoms with E-state index >= 15 is 0 Å². The summed E-state index contributed by atoms with van der Waals surface area (Å²) in [6, 6.07) is 1.76. The van der Waals surface area contributed by atoms with Crippen LogP contribution in [-0.4, -0.2) is 60.2 Å². The van der Waals surface area contributed by atoms with Crippen LogP contribution in [0.3, 0.4) is 0 Å². The maximum Gasteiger partial charge on any atom is 0.347 e. The van der Waals surface area contributed by atoms with Crippen LogP contribution in [-0.2, 0) is 42.9 Å². The van der Waals surface area contributed by atoms with E-state index in [0.29, 0.717) is 41.5 Å². The lowest BCUT2D eigenvalue weighted by molar-refractivity contribution is -0.298. The molecule has 0 spiro atoms. The highest BCUT2D eigenvalue weighted by molar-refractivity contribution is 5.88. The molecule has 11 heteroatoms. The summed E-state index contributed by atoms with van der Waals surface area (Å²) in [5.41, 5.74) is -0.441. The molecule has 1 saturated heterocycles. The first kappa shape index (κ1) is 31.3. The van der Waals surface area contributed by atoms with Gasteiger partial charge in [-0.3, -0.25) is 4.79 Å². The summed E-state index contributed by atoms with van der Waals surface area (Å²) in [4.78, 5) is 52.4. The molecule has 1 aromatic rings. The van der Waals surface area contributed by atoms with E-state index < -0.39 is 76.2 Å². The number of hydrogen-bond donors (Lipinski definition) is 1. The Kier molecular flexibility index (Phi) is 7.24. The molecule has 6 rings (SSSR count). The summed E-state index contributed by atoms with van der Waals surface area (Å²) in [5.74, 6) is -5.97. The van der Waals surface area contributed by atoms with Crippen molar-refractivity contribution in [2.75, 3.05) is 7.11 Å². The Labute approximate surface area is 261 Å². The second kappa shape index (κ2) is 10.4. The lowest BCUT2D eigenvalue weighted by Crippen LogP contribution is -2.61. The number of cyclic esters (lactones) is 1. The van der Waals surface area contributed by atoms with Gasteiger partial charge in [0.1, 0.15) is 6.10 Å². The van der Waals surface area contributed by atoms with Crippen molar-refractivity contribution in [1.82, 2.24) is 0 Å². The monoisotopic (exact) mass is 624 g/mol. The zero-order valence-electron chi connectivity index (χ0n) is 26.6. The highest BCUT2D eigenvalue weighted by Crippen LogP contribution is 2.72. The fraction of sp³-hybridized carbons (Fsp3) is 0.588. The van der Waals surface area contributed by atoms with E-state index in [0.717, 1.165) is 0 Å². The Morgan fingerprint density at radius 1 is 1.18 bits per heavy atom. The predicted octanol–water partition coefficient (Wildman–Crippen LogP) is 4.26. The molecule has 11 nitrogen and oxygen atoms in total. The van der Waals surface area contributed by atoms with E-state index in [1.807, 2.05) is 20.8 Å². The molecule has 10 atom stereocenters. The fourth-order valence-electron chi connectivity index (χ4n) is 9.24. The van der Waals surface area contributed by atoms with Gasteiger partial charge in [0.05, 0.1) is 25.7 Å². The van der Waals surface area contributed by atoms with Crippen LogP contribution in [0.25, 0.3) is 0 Å². The molecule has 5 aliphatic rings. The number of rotatable bonds is 6. The van der Waals surface area contributed by atoms with Crippen LogP contribution in [0, 0.1) is 28.1 Å². The molecule has 1 N–H and O–H groups in total. The zero-order chi connectivity index (χ0) is 32.7. The van der Waals surface area contributed by atoms with Gasteiger partial charge in [-0.25, -0.2) is 14.4 Å². The van der Waals surface area contributed by atoms with Crippen molar-refractivity contribution in [3.8, 4) is 0 Å². The lowest BCUT2D eigenvalue weighted by atomic mass is 9.51. The van der Waals surface area contributed by atoms with E-state index in [2.05, 4.69) is 0 Å². The summed E-state index contributed by atoms with van der Waals surface area (Å²) in [5, 5.41) is 12.6. The second-order valence-electron chi connectivity index (χ2n) is 13.8. The van der Waals surface area contributed by atoms with E-state index in [9.17, 15) is 24.3 Å². The smallest absolute Gasteiger partial charge is 0.347 e. The van der Waals surface area contributed by atoms with Crippen LogP contribution >= 0.6 is 0 Å². The van der Waals surface area contributed by atoms with E-state index in [4.69, 9.17) is 28.1 Å². The van der Waals surface area contributed by atoms with Crippen molar-refractivity contribution in [2.24, 2.45) is 28.1 Å². The fourth-order valence-corrected chi connectivity index (χ4v) is 9.24. The van der Waals surface area contributed by atoms with Gasteiger partial charge in [-0.05, 0) is 62.3 Å². The van der Waals surface area contributed by atoms with Crippen LogP contribution in [0.2, 0.25) is 0 Å². The molecule has 242 valence electrons. The molecule has 3 aliphatic heterocycles. The minimum absolute atomic E-state index is 0.297. The Hall–Kier alpha value is -3.70. The second-order valence-corrected chi connectivity index (χ2v) is 13.8. The van der Waals surface area contributed by atoms with Gasteiger partial charge < -0.3 is 33.2 Å². The van der Waals surface area contributed by atoms with Gasteiger partial charge >= 0.3 is 23.9 Å². The highest BCUT2D eigenvalue weighted by atomic mass is 16.7. The standard InChI is InChI=1S/C34H40O11/c1-8-17(2)28(37)44-30-32(5)15-23-33(6,26(32)25(29(38)40-7)42-18(3)35)21-9-11-31(4)22(20(21)14-34(30,39)45-23)13-24(36)43-27(31)19-10-12-41-16-19/h8,10,12-14,16,21,23,25-27,30,39H,9,11,15H2,1-7H3/b17-8+/t21-,23-,25+,26+,27-,30-,31+,32+,33-,34-/m0/s1. The van der Waals surface area contributed by atoms with E-state index in [1.54, 1.807) is 38.3 Å². The zero-order valence-corrected chi connectivity index (χ0v) is 26.6. The Bertz CT molecular complexity index is 1540. The van der Waals surface area contributed by atoms with Gasteiger partial charge in [-0.15, -0.1) is 0 Å². The minimum Gasteiger partial charge on any atom is -0.472 e. The van der Waals surface area contributed by atoms with E-state index in [1.165, 1.54) is 26.4 Å². The van der Waals surface area contributed by atoms with Gasteiger partial charge in [-0.2, -0.15) is 0 Å². The number of fused-ring (bicyclic) bond motifs is 6. The molecule has 2 saturated carbocycles. The minimum atomic E-state index is -2.15. The predicted molar refractivity (Wildman–Crippen MR) is 156 cm³/mol. The summed E-state index contributed by atoms with van der Waals surface area (Å²) in [6.45, 7) is 10.3. The number of carbonyl (C=O) groups is 4. The number of methoxy groups -OCH3 is 1. The summed E-state index contributed by atoms with van der Waals surface area (Å²) < 4.78 is 34.8. The van der Waals surface area contributed by atoms with Crippen molar-refractivity contribution < 1.29 is 52.4 Å². The molecular weight excluding hydrogens is 584 g/mol. The number of allylic oxidation sites excluding steroid dienone is 2. The van der Waals surface area contributed by atoms with Gasteiger partial charge in [0.25, 0.3) is 0 Å². The third-order valence-corrected chi connectivity index (χ3v) is 11.3. The topological polar surface area (TPSA) is 148 Å². The SMILES string of the molecule is C/C=C(\C)C(=O)O[C@H]1[C@]2(C)C[C@@H]3O[C@@]1(O)C=C1C4=CC(=O)O[C@@H](c5ccoc5)[C@]4(C)CC[C@@H]1[C@]3(C)[C@@H]2[C@@H](OC(C)=O)C(=O)OC. The Morgan fingerprint density at radius 3 is 2.53 bits per heavy atom. The van der Waals surface area contributed by atoms with Gasteiger partial charge in [0.2, 0.25) is 11.9 Å². The number of aliphatic hydroxyl groups is 1. The molecule has 45 heavy (non-hydrogen) atoms. The van der Waals surface area contributed by atoms with Gasteiger partial charge in [-0.1, -0.05) is 26.8 Å². The molecular formula is C34H40O11. The van der Waals surface area contributed by atoms with Crippen LogP contribution in [0.15, 0.2) is 58.0 Å². The Balaban J connectivity index is 1.59. The summed E-state index contributed by atoms with van der Waals surface area (Å²) >= 11 is 0. The van der Waals surface area contributed by atoms with E-state index in [-0.39, 0.29) is 5.92 Å². The van der Waals surface area contributed by atoms with Crippen LogP contribution in [0.5, 0.6) is 0 Å². The molecule has 0 amide bonds. The summed E-state index contributed by atoms with van der Waals surface area (Å²) in [7, 11) is 1.22. The van der Waals surface area contributed by atoms with Crippen LogP contribution < -0.4 is 0 Å². The molecule has 3 fully saturated rings. The lowest BCUT2D eigenvalue weighted by Gasteiger charge is -2.55. The maximum atomic E-state index is 13.5. The van der Waals surface area contributed by atoms with Crippen molar-refractivity contribution in [2.45, 2.75) is 91.0 Å². The summed E-state index contributed by atoms with van der Waals surface area (Å²) in [6.07, 6.45) is 5.18. The molecule has 2 aliphatic carbocycles. The quantitative estimate of drug-likeness (QED) is 0.275. The average molecular weight is 625 g/mol. The number of ether oxygens (including phenoxy) is 5. The normalized spacial score (nSPS) is 40.6. The van der Waals surface area contributed by atoms with Gasteiger partial charge in [0.15, 0.2) is 6.10 Å². The first-order valence-electron chi connectivity index (χ1n) is 15.3. The number of hydrogen-bond acceptors (Lipinski definition) is 11. The Morgan fingerprint density at radius 2 is 1.91 bits per heavy atom. The molecule has 0 aromatic carbocycles. The first-order chi connectivity index (χ1) is 21.1. The van der Waals surface area contributed by atoms with Crippen molar-refractivity contribution in [3.63, 3.8) is 0 Å². The molecule has 4 heterocycles. The maximum absolute atomic E-state index is 13.5. The third-order valence-electron chi connectivity index (χ3n) is 11.3. The largest absolute Gasteiger partial charge is 0.472 e. The molecule has 0 unspecified atom stereocenters. The van der Waals surface area contributed by atoms with Gasteiger partial charge in [0, 0.05) is 46.3 Å². The highest BCUT2D eigenvalue weighted by Gasteiger charge is 2.77. The number of esters is 4. The van der Waals surface area contributed by atoms with Crippen molar-refractivity contribution in [1.29, 1.82) is 0 Å². The third kappa shape index (κ3) is 4.37. The van der Waals surface area contributed by atoms with Crippen LogP contribution in [0.1, 0.15) is 72.5 Å². The van der Waals surface area contributed by atoms with Crippen molar-refractivity contribution in [3.05, 3.63) is 59.1 Å². The number of carbonyl (C=O) groups excluding carboxylic acids is 4. The van der Waals surface area contributed by atoms with Crippen molar-refractivity contribution >= 4 is 23.9 Å². The molecule has 3 bridgehead atoms. The molecule has 1 aromatic heterocycles. The first-order valence-corrected chi connectivity index (χ1v) is 15.3. The van der Waals surface area contributed by atoms with Crippen LogP contribution in [0.4, 0.5) is 0 Å². The average Bonchev–Trinajstić information content (AvgIpc) is 3.56. The molecule has 0 radical (unpaired) electrons. The number of furan rings is 1.